The Hall–Kier alpha value is -2.99. The molecule has 1 aromatic carbocycles. The van der Waals surface area contributed by atoms with Crippen molar-refractivity contribution in [1.29, 1.82) is 0 Å². The van der Waals surface area contributed by atoms with Crippen LogP contribution in [0.15, 0.2) is 67.0 Å². The normalized spacial score (nSPS) is 11.4. The number of amides is 1. The molecule has 0 saturated heterocycles. The molecule has 25 heavy (non-hydrogen) atoms. The molecule has 0 bridgehead atoms. The molecule has 1 amide bonds. The van der Waals surface area contributed by atoms with Crippen molar-refractivity contribution < 1.29 is 4.79 Å². The van der Waals surface area contributed by atoms with Crippen LogP contribution in [0.25, 0.3) is 22.0 Å². The number of hydrogen-bond donors (Lipinski definition) is 1. The van der Waals surface area contributed by atoms with Gasteiger partial charge in [-0.25, -0.2) is 9.97 Å². The number of carbonyl (C=O) groups is 1. The van der Waals surface area contributed by atoms with Crippen LogP contribution >= 0.6 is 11.3 Å². The third kappa shape index (κ3) is 3.92. The largest absolute Gasteiger partial charge is 0.333 e. The van der Waals surface area contributed by atoms with Crippen LogP contribution < -0.4 is 5.32 Å². The Morgan fingerprint density at radius 3 is 2.72 bits per heavy atom. The average molecular weight is 350 g/mol. The van der Waals surface area contributed by atoms with Crippen molar-refractivity contribution in [2.45, 2.75) is 6.92 Å². The Morgan fingerprint density at radius 2 is 2.04 bits per heavy atom. The quantitative estimate of drug-likeness (QED) is 0.552. The molecule has 0 spiro atoms. The molecule has 0 fully saturated rings. The van der Waals surface area contributed by atoms with Crippen LogP contribution in [-0.2, 0) is 11.8 Å². The Bertz CT molecular complexity index is 922. The number of imidazole rings is 1. The summed E-state index contributed by atoms with van der Waals surface area (Å²) in [5.74, 6) is 0.610. The molecule has 3 aromatic rings. The van der Waals surface area contributed by atoms with Crippen LogP contribution in [0.2, 0.25) is 0 Å². The lowest BCUT2D eigenvalue weighted by Gasteiger charge is -2.02. The van der Waals surface area contributed by atoms with Crippen LogP contribution in [0.3, 0.4) is 0 Å². The van der Waals surface area contributed by atoms with Gasteiger partial charge >= 0.3 is 0 Å². The van der Waals surface area contributed by atoms with E-state index in [0.29, 0.717) is 5.13 Å². The lowest BCUT2D eigenvalue weighted by Crippen LogP contribution is -2.07. The molecule has 0 unspecified atom stereocenters. The highest BCUT2D eigenvalue weighted by Crippen LogP contribution is 2.37. The van der Waals surface area contributed by atoms with Crippen molar-refractivity contribution in [2.75, 3.05) is 5.32 Å². The molecule has 0 saturated carbocycles. The molecule has 5 nitrogen and oxygen atoms in total. The van der Waals surface area contributed by atoms with Gasteiger partial charge in [-0.05, 0) is 6.92 Å². The molecule has 6 heteroatoms. The predicted octanol–water partition coefficient (Wildman–Crippen LogP) is 4.28. The predicted molar refractivity (Wildman–Crippen MR) is 102 cm³/mol. The summed E-state index contributed by atoms with van der Waals surface area (Å²) in [7, 11) is 1.94. The van der Waals surface area contributed by atoms with E-state index in [1.807, 2.05) is 61.1 Å². The molecule has 126 valence electrons. The highest BCUT2D eigenvalue weighted by atomic mass is 32.1. The number of nitrogens with zero attached hydrogens (tertiary/aromatic N) is 3. The number of carbonyl (C=O) groups excluding carboxylic acids is 1. The first-order valence-corrected chi connectivity index (χ1v) is 8.65. The molecule has 3 rings (SSSR count). The molecule has 0 atom stereocenters. The highest BCUT2D eigenvalue weighted by molar-refractivity contribution is 7.19. The Morgan fingerprint density at radius 1 is 1.24 bits per heavy atom. The molecule has 0 aliphatic carbocycles. The van der Waals surface area contributed by atoms with Crippen LogP contribution in [0.1, 0.15) is 6.92 Å². The second-order valence-electron chi connectivity index (χ2n) is 5.30. The summed E-state index contributed by atoms with van der Waals surface area (Å²) in [6.07, 6.45) is 10.5. The van der Waals surface area contributed by atoms with Crippen molar-refractivity contribution in [3.63, 3.8) is 0 Å². The zero-order valence-electron chi connectivity index (χ0n) is 14.0. The SMILES string of the molecule is C/C=C/C=C/C(=O)Nc1nc(-c2ccccc2)c(-c2nccn2C)s1. The van der Waals surface area contributed by atoms with Gasteiger partial charge in [0, 0.05) is 31.1 Å². The summed E-state index contributed by atoms with van der Waals surface area (Å²) in [6.45, 7) is 1.90. The number of aryl methyl sites for hydroxylation is 1. The maximum absolute atomic E-state index is 12.0. The maximum atomic E-state index is 12.0. The fourth-order valence-corrected chi connectivity index (χ4v) is 3.33. The zero-order valence-corrected chi connectivity index (χ0v) is 14.8. The van der Waals surface area contributed by atoms with Crippen LogP contribution in [0.5, 0.6) is 0 Å². The number of aromatic nitrogens is 3. The topological polar surface area (TPSA) is 59.8 Å². The van der Waals surface area contributed by atoms with Gasteiger partial charge in [0.2, 0.25) is 5.91 Å². The minimum absolute atomic E-state index is 0.210. The average Bonchev–Trinajstić information content (AvgIpc) is 3.22. The van der Waals surface area contributed by atoms with Gasteiger partial charge in [0.1, 0.15) is 0 Å². The van der Waals surface area contributed by atoms with E-state index >= 15 is 0 Å². The number of hydrogen-bond acceptors (Lipinski definition) is 4. The third-order valence-electron chi connectivity index (χ3n) is 3.48. The summed E-state index contributed by atoms with van der Waals surface area (Å²) in [4.78, 5) is 22.0. The number of anilines is 1. The van der Waals surface area contributed by atoms with E-state index in [9.17, 15) is 4.79 Å². The second-order valence-corrected chi connectivity index (χ2v) is 6.30. The number of benzene rings is 1. The molecule has 0 aliphatic rings. The van der Waals surface area contributed by atoms with Crippen molar-refractivity contribution in [3.05, 3.63) is 67.0 Å². The fourth-order valence-electron chi connectivity index (χ4n) is 2.30. The molecule has 0 aliphatic heterocycles. The van der Waals surface area contributed by atoms with E-state index in [2.05, 4.69) is 15.3 Å². The fraction of sp³-hybridized carbons (Fsp3) is 0.105. The number of nitrogens with one attached hydrogen (secondary N) is 1. The van der Waals surface area contributed by atoms with E-state index < -0.39 is 0 Å². The Kier molecular flexibility index (Phi) is 5.20. The smallest absolute Gasteiger partial charge is 0.250 e. The van der Waals surface area contributed by atoms with Gasteiger partial charge in [-0.15, -0.1) is 0 Å². The lowest BCUT2D eigenvalue weighted by atomic mass is 10.1. The molecule has 2 aromatic heterocycles. The third-order valence-corrected chi connectivity index (χ3v) is 4.45. The first kappa shape index (κ1) is 16.9. The van der Waals surface area contributed by atoms with Gasteiger partial charge < -0.3 is 4.57 Å². The molecular formula is C19H18N4OS. The van der Waals surface area contributed by atoms with Gasteiger partial charge in [0.25, 0.3) is 0 Å². The molecule has 2 heterocycles. The van der Waals surface area contributed by atoms with E-state index in [-0.39, 0.29) is 5.91 Å². The van der Waals surface area contributed by atoms with Crippen molar-refractivity contribution >= 4 is 22.4 Å². The molecular weight excluding hydrogens is 332 g/mol. The van der Waals surface area contributed by atoms with Gasteiger partial charge in [-0.3, -0.25) is 10.1 Å². The standard InChI is InChI=1S/C19H18N4OS/c1-3-4-6-11-15(24)21-19-22-16(14-9-7-5-8-10-14)17(25-19)18-20-12-13-23(18)2/h3-13H,1-2H3,(H,21,22,24)/b4-3+,11-6+. The first-order valence-electron chi connectivity index (χ1n) is 7.83. The zero-order chi connectivity index (χ0) is 17.6. The number of allylic oxidation sites excluding steroid dienone is 3. The maximum Gasteiger partial charge on any atom is 0.250 e. The van der Waals surface area contributed by atoms with Crippen LogP contribution in [-0.4, -0.2) is 20.4 Å². The van der Waals surface area contributed by atoms with Gasteiger partial charge in [-0.2, -0.15) is 0 Å². The summed E-state index contributed by atoms with van der Waals surface area (Å²) in [5, 5.41) is 3.37. The van der Waals surface area contributed by atoms with Crippen molar-refractivity contribution in [1.82, 2.24) is 14.5 Å². The van der Waals surface area contributed by atoms with Gasteiger partial charge in [0.15, 0.2) is 11.0 Å². The van der Waals surface area contributed by atoms with E-state index in [1.54, 1.807) is 18.3 Å². The summed E-state index contributed by atoms with van der Waals surface area (Å²) in [6, 6.07) is 9.90. The molecule has 0 radical (unpaired) electrons. The Labute approximate surface area is 150 Å². The van der Waals surface area contributed by atoms with Gasteiger partial charge in [-0.1, -0.05) is 59.9 Å². The summed E-state index contributed by atoms with van der Waals surface area (Å²) >= 11 is 1.42. The van der Waals surface area contributed by atoms with E-state index in [1.165, 1.54) is 17.4 Å². The first-order chi connectivity index (χ1) is 12.2. The minimum atomic E-state index is -0.210. The molecule has 1 N–H and O–H groups in total. The Balaban J connectivity index is 1.98. The lowest BCUT2D eigenvalue weighted by molar-refractivity contribution is -0.111. The number of rotatable bonds is 5. The number of thiazole rings is 1. The van der Waals surface area contributed by atoms with Gasteiger partial charge in [0.05, 0.1) is 10.6 Å². The van der Waals surface area contributed by atoms with Crippen LogP contribution in [0.4, 0.5) is 5.13 Å². The second kappa shape index (κ2) is 7.72. The highest BCUT2D eigenvalue weighted by Gasteiger charge is 2.18. The van der Waals surface area contributed by atoms with E-state index in [4.69, 9.17) is 0 Å². The minimum Gasteiger partial charge on any atom is -0.333 e. The van der Waals surface area contributed by atoms with Crippen LogP contribution in [0, 0.1) is 0 Å². The van der Waals surface area contributed by atoms with Crippen molar-refractivity contribution in [2.24, 2.45) is 7.05 Å². The van der Waals surface area contributed by atoms with E-state index in [0.717, 1.165) is 22.0 Å². The monoisotopic (exact) mass is 350 g/mol. The van der Waals surface area contributed by atoms with Crippen molar-refractivity contribution in [3.8, 4) is 22.0 Å². The summed E-state index contributed by atoms with van der Waals surface area (Å²) in [5.41, 5.74) is 1.80. The summed E-state index contributed by atoms with van der Waals surface area (Å²) < 4.78 is 1.94.